The highest BCUT2D eigenvalue weighted by molar-refractivity contribution is 6.31. The predicted octanol–water partition coefficient (Wildman–Crippen LogP) is 3.06. The summed E-state index contributed by atoms with van der Waals surface area (Å²) in [5.74, 6) is 0.766. The fourth-order valence-electron chi connectivity index (χ4n) is 3.28. The zero-order valence-corrected chi connectivity index (χ0v) is 16.2. The number of nitrogens with one attached hydrogen (secondary N) is 1. The molecule has 0 radical (unpaired) electrons. The van der Waals surface area contributed by atoms with Gasteiger partial charge in [0.05, 0.1) is 12.0 Å². The number of carbonyl (C=O) groups excluding carboxylic acids is 1. The van der Waals surface area contributed by atoms with Crippen LogP contribution in [0.25, 0.3) is 0 Å². The van der Waals surface area contributed by atoms with Gasteiger partial charge in [-0.15, -0.1) is 0 Å². The van der Waals surface area contributed by atoms with Crippen molar-refractivity contribution in [2.75, 3.05) is 13.2 Å². The summed E-state index contributed by atoms with van der Waals surface area (Å²) in [5, 5.41) is 3.40. The standard InChI is InChI=1S/C20H24ClN3O3/c1-14-10-16(6-7-17(14)21)27-12-19(25)22-8-9-24-13-23-18(11-20(24)26)15-4-2-3-5-15/h6-7,10-11,13,15H,2-5,8-9,12H2,1H3,(H,22,25). The zero-order valence-electron chi connectivity index (χ0n) is 15.4. The fourth-order valence-corrected chi connectivity index (χ4v) is 3.39. The van der Waals surface area contributed by atoms with Gasteiger partial charge in [0.1, 0.15) is 5.75 Å². The Morgan fingerprint density at radius 1 is 1.33 bits per heavy atom. The maximum Gasteiger partial charge on any atom is 0.258 e. The van der Waals surface area contributed by atoms with Gasteiger partial charge < -0.3 is 10.1 Å². The summed E-state index contributed by atoms with van der Waals surface area (Å²) in [4.78, 5) is 28.5. The number of hydrogen-bond donors (Lipinski definition) is 1. The summed E-state index contributed by atoms with van der Waals surface area (Å²) < 4.78 is 6.97. The molecule has 0 unspecified atom stereocenters. The summed E-state index contributed by atoms with van der Waals surface area (Å²) in [6.07, 6.45) is 6.21. The number of carbonyl (C=O) groups is 1. The van der Waals surface area contributed by atoms with E-state index in [1.165, 1.54) is 17.4 Å². The van der Waals surface area contributed by atoms with Crippen LogP contribution < -0.4 is 15.6 Å². The Labute approximate surface area is 163 Å². The third-order valence-electron chi connectivity index (χ3n) is 4.85. The number of aryl methyl sites for hydroxylation is 1. The fraction of sp³-hybridized carbons (Fsp3) is 0.450. The monoisotopic (exact) mass is 389 g/mol. The van der Waals surface area contributed by atoms with Gasteiger partial charge in [-0.2, -0.15) is 0 Å². The second kappa shape index (κ2) is 9.04. The third-order valence-corrected chi connectivity index (χ3v) is 5.27. The third kappa shape index (κ3) is 5.32. The maximum atomic E-state index is 12.2. The number of aromatic nitrogens is 2. The molecular weight excluding hydrogens is 366 g/mol. The van der Waals surface area contributed by atoms with Gasteiger partial charge in [0, 0.05) is 30.1 Å². The lowest BCUT2D eigenvalue weighted by Crippen LogP contribution is -2.33. The Hall–Kier alpha value is -2.34. The van der Waals surface area contributed by atoms with Gasteiger partial charge in [0.25, 0.3) is 11.5 Å². The summed E-state index contributed by atoms with van der Waals surface area (Å²) in [6, 6.07) is 6.87. The van der Waals surface area contributed by atoms with E-state index in [1.54, 1.807) is 30.6 Å². The lowest BCUT2D eigenvalue weighted by atomic mass is 10.0. The van der Waals surface area contributed by atoms with E-state index in [4.69, 9.17) is 16.3 Å². The van der Waals surface area contributed by atoms with Crippen LogP contribution in [0.3, 0.4) is 0 Å². The summed E-state index contributed by atoms with van der Waals surface area (Å²) >= 11 is 5.96. The van der Waals surface area contributed by atoms with E-state index in [2.05, 4.69) is 10.3 Å². The minimum Gasteiger partial charge on any atom is -0.484 e. The molecule has 27 heavy (non-hydrogen) atoms. The van der Waals surface area contributed by atoms with Gasteiger partial charge >= 0.3 is 0 Å². The number of nitrogens with zero attached hydrogens (tertiary/aromatic N) is 2. The molecule has 1 fully saturated rings. The van der Waals surface area contributed by atoms with E-state index >= 15 is 0 Å². The van der Waals surface area contributed by atoms with Gasteiger partial charge in [-0.05, 0) is 43.5 Å². The Kier molecular flexibility index (Phi) is 6.50. The van der Waals surface area contributed by atoms with Crippen LogP contribution in [-0.2, 0) is 11.3 Å². The second-order valence-corrected chi connectivity index (χ2v) is 7.28. The van der Waals surface area contributed by atoms with Crippen LogP contribution in [0, 0.1) is 6.92 Å². The SMILES string of the molecule is Cc1cc(OCC(=O)NCCn2cnc(C3CCCC3)cc2=O)ccc1Cl. The van der Waals surface area contributed by atoms with Crippen LogP contribution in [0.15, 0.2) is 35.4 Å². The van der Waals surface area contributed by atoms with Gasteiger partial charge in [-0.1, -0.05) is 24.4 Å². The van der Waals surface area contributed by atoms with E-state index in [9.17, 15) is 9.59 Å². The molecule has 1 saturated carbocycles. The number of ether oxygens (including phenoxy) is 1. The van der Waals surface area contributed by atoms with Crippen molar-refractivity contribution in [1.82, 2.24) is 14.9 Å². The molecule has 0 spiro atoms. The number of amides is 1. The first-order valence-electron chi connectivity index (χ1n) is 9.25. The molecule has 6 nitrogen and oxygen atoms in total. The van der Waals surface area contributed by atoms with Crippen molar-refractivity contribution in [3.8, 4) is 5.75 Å². The molecule has 0 aliphatic heterocycles. The van der Waals surface area contributed by atoms with Crippen LogP contribution in [0.2, 0.25) is 5.02 Å². The maximum absolute atomic E-state index is 12.2. The Morgan fingerprint density at radius 3 is 2.81 bits per heavy atom. The van der Waals surface area contributed by atoms with Crippen LogP contribution in [0.4, 0.5) is 0 Å². The first-order valence-corrected chi connectivity index (χ1v) is 9.63. The lowest BCUT2D eigenvalue weighted by Gasteiger charge is -2.11. The molecule has 1 aromatic carbocycles. The molecule has 0 atom stereocenters. The molecule has 1 aliphatic rings. The highest BCUT2D eigenvalue weighted by atomic mass is 35.5. The van der Waals surface area contributed by atoms with Crippen molar-refractivity contribution in [2.45, 2.75) is 45.1 Å². The average Bonchev–Trinajstić information content (AvgIpc) is 3.19. The second-order valence-electron chi connectivity index (χ2n) is 6.88. The summed E-state index contributed by atoms with van der Waals surface area (Å²) in [7, 11) is 0. The van der Waals surface area contributed by atoms with Crippen LogP contribution in [-0.4, -0.2) is 28.6 Å². The van der Waals surface area contributed by atoms with Crippen molar-refractivity contribution >= 4 is 17.5 Å². The van der Waals surface area contributed by atoms with Crippen LogP contribution in [0.5, 0.6) is 5.75 Å². The van der Waals surface area contributed by atoms with Crippen molar-refractivity contribution < 1.29 is 9.53 Å². The molecular formula is C20H24ClN3O3. The molecule has 2 aromatic rings. The number of rotatable bonds is 7. The molecule has 1 N–H and O–H groups in total. The van der Waals surface area contributed by atoms with E-state index < -0.39 is 0 Å². The van der Waals surface area contributed by atoms with Crippen molar-refractivity contribution in [1.29, 1.82) is 0 Å². The Bertz CT molecular complexity index is 860. The average molecular weight is 390 g/mol. The molecule has 3 rings (SSSR count). The van der Waals surface area contributed by atoms with Gasteiger partial charge in [-0.3, -0.25) is 14.2 Å². The van der Waals surface area contributed by atoms with Gasteiger partial charge in [-0.25, -0.2) is 4.98 Å². The molecule has 0 bridgehead atoms. The largest absolute Gasteiger partial charge is 0.484 e. The molecule has 1 aromatic heterocycles. The number of benzene rings is 1. The smallest absolute Gasteiger partial charge is 0.258 e. The normalized spacial score (nSPS) is 14.3. The zero-order chi connectivity index (χ0) is 19.2. The molecule has 0 saturated heterocycles. The van der Waals surface area contributed by atoms with Crippen molar-refractivity contribution in [2.24, 2.45) is 0 Å². The molecule has 144 valence electrons. The highest BCUT2D eigenvalue weighted by Crippen LogP contribution is 2.32. The minimum atomic E-state index is -0.244. The number of halogens is 1. The minimum absolute atomic E-state index is 0.0750. The molecule has 1 heterocycles. The highest BCUT2D eigenvalue weighted by Gasteiger charge is 2.18. The quantitative estimate of drug-likeness (QED) is 0.789. The Morgan fingerprint density at radius 2 is 2.11 bits per heavy atom. The first kappa shape index (κ1) is 19.4. The van der Waals surface area contributed by atoms with Gasteiger partial charge in [0.2, 0.25) is 0 Å². The van der Waals surface area contributed by atoms with E-state index in [1.807, 2.05) is 6.92 Å². The first-order chi connectivity index (χ1) is 13.0. The van der Waals surface area contributed by atoms with Gasteiger partial charge in [0.15, 0.2) is 6.61 Å². The van der Waals surface area contributed by atoms with E-state index in [0.717, 1.165) is 24.1 Å². The predicted molar refractivity (Wildman–Crippen MR) is 104 cm³/mol. The Balaban J connectivity index is 1.44. The van der Waals surface area contributed by atoms with Crippen LogP contribution >= 0.6 is 11.6 Å². The molecule has 7 heteroatoms. The lowest BCUT2D eigenvalue weighted by molar-refractivity contribution is -0.123. The van der Waals surface area contributed by atoms with Crippen LogP contribution in [0.1, 0.15) is 42.9 Å². The summed E-state index contributed by atoms with van der Waals surface area (Å²) in [6.45, 7) is 2.50. The molecule has 1 amide bonds. The topological polar surface area (TPSA) is 73.2 Å². The molecule has 1 aliphatic carbocycles. The number of hydrogen-bond acceptors (Lipinski definition) is 4. The van der Waals surface area contributed by atoms with Crippen molar-refractivity contribution in [3.63, 3.8) is 0 Å². The van der Waals surface area contributed by atoms with E-state index in [-0.39, 0.29) is 18.1 Å². The van der Waals surface area contributed by atoms with E-state index in [0.29, 0.717) is 29.8 Å². The van der Waals surface area contributed by atoms with Crippen molar-refractivity contribution in [3.05, 3.63) is 57.2 Å². The summed E-state index contributed by atoms with van der Waals surface area (Å²) in [5.41, 5.74) is 1.71.